The van der Waals surface area contributed by atoms with Crippen molar-refractivity contribution in [3.05, 3.63) is 212 Å². The molecule has 254 valence electrons. The SMILES string of the molecule is [2H]c1cccc([2H])c1-c1c([2H])c([2H])c(N(c2c([2H])cc(-c3c([2H])c([2H])c([2H])c([2H])c3[2H])cc2[2H])c2c([2H])c3c(oc4c(-c5c([2H])c([2H])c([2H])c([2H])c5[2H])c([2H])c([2H])c(-c5c([2H])c([2H])c([2H])c([2H])c5[2H])c43)c3c([2H])c([2H])c([2H])c([2H])c23)c([2H])c1[2H]. The maximum atomic E-state index is 10.5. The summed E-state index contributed by atoms with van der Waals surface area (Å²) in [6, 6.07) is -22.3. The molecule has 0 aliphatic carbocycles. The summed E-state index contributed by atoms with van der Waals surface area (Å²) >= 11 is 0. The lowest BCUT2D eigenvalue weighted by Gasteiger charge is -2.27. The molecule has 10 aromatic rings. The summed E-state index contributed by atoms with van der Waals surface area (Å²) in [6.07, 6.45) is 0. The molecule has 0 unspecified atom stereocenters. The third-order valence-corrected chi connectivity index (χ3v) is 8.29. The first-order valence-electron chi connectivity index (χ1n) is 31.0. The molecule has 0 spiro atoms. The van der Waals surface area contributed by atoms with E-state index in [9.17, 15) is 15.1 Å². The van der Waals surface area contributed by atoms with Crippen LogP contribution in [0.15, 0.2) is 216 Å². The average Bonchev–Trinajstić information content (AvgIpc) is 1.49. The number of benzene rings is 9. The molecule has 0 saturated heterocycles. The van der Waals surface area contributed by atoms with Crippen molar-refractivity contribution in [2.24, 2.45) is 0 Å². The molecule has 0 aliphatic heterocycles. The second kappa shape index (κ2) is 13.4. The number of nitrogens with zero attached hydrogens (tertiary/aromatic N) is 1. The van der Waals surface area contributed by atoms with Crippen molar-refractivity contribution in [1.29, 1.82) is 0 Å². The summed E-state index contributed by atoms with van der Waals surface area (Å²) in [4.78, 5) is 0.583. The first-order valence-corrected chi connectivity index (χ1v) is 16.0. The minimum absolute atomic E-state index is 0.359. The van der Waals surface area contributed by atoms with E-state index in [1.165, 1.54) is 18.2 Å². The predicted octanol–water partition coefficient (Wildman–Crippen LogP) is 14.9. The van der Waals surface area contributed by atoms with Gasteiger partial charge >= 0.3 is 0 Å². The molecule has 0 amide bonds. The smallest absolute Gasteiger partial charge is 0.143 e. The van der Waals surface area contributed by atoms with Crippen LogP contribution in [0.5, 0.6) is 0 Å². The van der Waals surface area contributed by atoms with Crippen molar-refractivity contribution >= 4 is 49.8 Å². The third-order valence-electron chi connectivity index (χ3n) is 8.29. The summed E-state index contributed by atoms with van der Waals surface area (Å²) in [7, 11) is 0. The fraction of sp³-hybridized carbons (Fsp3) is 0. The maximum absolute atomic E-state index is 10.5. The molecular formula is C52H35NO. The number of rotatable bonds is 7. The quantitative estimate of drug-likeness (QED) is 0.163. The fourth-order valence-corrected chi connectivity index (χ4v) is 5.93. The Morgan fingerprint density at radius 3 is 1.56 bits per heavy atom. The van der Waals surface area contributed by atoms with Gasteiger partial charge in [-0.05, 0) is 75.2 Å². The van der Waals surface area contributed by atoms with Crippen molar-refractivity contribution in [2.45, 2.75) is 0 Å². The van der Waals surface area contributed by atoms with Crippen LogP contribution in [-0.2, 0) is 0 Å². The zero-order valence-corrected chi connectivity index (χ0v) is 27.2. The monoisotopic (exact) mass is 719 g/mol. The van der Waals surface area contributed by atoms with Crippen molar-refractivity contribution in [3.8, 4) is 44.5 Å². The molecule has 1 heterocycles. The zero-order valence-electron chi connectivity index (χ0n) is 57.2. The van der Waals surface area contributed by atoms with Crippen LogP contribution in [0.1, 0.15) is 41.1 Å². The summed E-state index contributed by atoms with van der Waals surface area (Å²) in [6.45, 7) is 0. The first kappa shape index (κ1) is 13.4. The third kappa shape index (κ3) is 5.53. The van der Waals surface area contributed by atoms with Gasteiger partial charge < -0.3 is 9.32 Å². The van der Waals surface area contributed by atoms with Gasteiger partial charge in [-0.3, -0.25) is 0 Å². The molecule has 0 saturated carbocycles. The van der Waals surface area contributed by atoms with E-state index in [0.29, 0.717) is 4.90 Å². The summed E-state index contributed by atoms with van der Waals surface area (Å²) in [5.41, 5.74) is -9.53. The highest BCUT2D eigenvalue weighted by atomic mass is 16.3. The van der Waals surface area contributed by atoms with Gasteiger partial charge in [0.25, 0.3) is 0 Å². The van der Waals surface area contributed by atoms with Crippen molar-refractivity contribution in [3.63, 3.8) is 0 Å². The maximum Gasteiger partial charge on any atom is 0.143 e. The van der Waals surface area contributed by atoms with Crippen LogP contribution in [0, 0.1) is 0 Å². The molecule has 0 radical (unpaired) electrons. The average molecular weight is 720 g/mol. The summed E-state index contributed by atoms with van der Waals surface area (Å²) < 4.78 is 278. The van der Waals surface area contributed by atoms with Crippen LogP contribution >= 0.6 is 0 Å². The van der Waals surface area contributed by atoms with Gasteiger partial charge in [0.05, 0.1) is 46.8 Å². The Hall–Kier alpha value is -7.16. The van der Waals surface area contributed by atoms with Crippen molar-refractivity contribution in [2.75, 3.05) is 4.90 Å². The second-order valence-electron chi connectivity index (χ2n) is 11.4. The Labute approximate surface area is 357 Å². The molecule has 0 bridgehead atoms. The Morgan fingerprint density at radius 1 is 0.370 bits per heavy atom. The van der Waals surface area contributed by atoms with E-state index in [1.807, 2.05) is 0 Å². The highest BCUT2D eigenvalue weighted by Gasteiger charge is 2.23. The van der Waals surface area contributed by atoms with Crippen LogP contribution in [0.4, 0.5) is 17.1 Å². The van der Waals surface area contributed by atoms with E-state index in [0.717, 1.165) is 12.1 Å². The van der Waals surface area contributed by atoms with Gasteiger partial charge in [-0.1, -0.05) is 175 Å². The number of fused-ring (bicyclic) bond motifs is 5. The van der Waals surface area contributed by atoms with E-state index in [-0.39, 0.29) is 11.1 Å². The molecule has 0 atom stereocenters. The Kier molecular flexibility index (Phi) is 3.32. The van der Waals surface area contributed by atoms with E-state index in [4.69, 9.17) is 30.5 Å². The van der Waals surface area contributed by atoms with Crippen LogP contribution in [0.3, 0.4) is 0 Å². The number of anilines is 3. The van der Waals surface area contributed by atoms with Crippen molar-refractivity contribution in [1.82, 2.24) is 0 Å². The van der Waals surface area contributed by atoms with Crippen LogP contribution in [-0.4, -0.2) is 0 Å². The number of hydrogen-bond donors (Lipinski definition) is 0. The molecule has 2 nitrogen and oxygen atoms in total. The topological polar surface area (TPSA) is 16.4 Å². The summed E-state index contributed by atoms with van der Waals surface area (Å²) in [5.74, 6) is 0. The largest absolute Gasteiger partial charge is 0.455 e. The number of furan rings is 1. The summed E-state index contributed by atoms with van der Waals surface area (Å²) in [5, 5.41) is -3.08. The van der Waals surface area contributed by atoms with E-state index < -0.39 is 264 Å². The lowest BCUT2D eigenvalue weighted by Crippen LogP contribution is -2.10. The van der Waals surface area contributed by atoms with Gasteiger partial charge in [0.1, 0.15) is 11.2 Å². The fourth-order valence-electron chi connectivity index (χ4n) is 5.93. The van der Waals surface area contributed by atoms with E-state index in [2.05, 4.69) is 0 Å². The van der Waals surface area contributed by atoms with Gasteiger partial charge in [-0.25, -0.2) is 0 Å². The van der Waals surface area contributed by atoms with Gasteiger partial charge in [0.2, 0.25) is 0 Å². The Morgan fingerprint density at radius 2 is 0.889 bits per heavy atom. The van der Waals surface area contributed by atoms with Gasteiger partial charge in [0.15, 0.2) is 0 Å². The molecule has 10 rings (SSSR count). The standard InChI is InChI=1S/C52H35NO/c1-5-15-36(16-6-1)38-25-29-42(30-26-38)53(43-31-27-39(28-32-43)37-17-7-2-8-18-37)49-35-48-50-44(40-19-9-3-10-20-40)33-34-45(41-21-11-4-12-22-41)52(50)54-51(48)47-24-14-13-23-46(47)49/h1-35H/i1D,3D,4D,5D,6D,9D,10D,11D,12D,13D,14D,15D,16D,17D,18D,19D,20D,21D,22D,23D,24D,27D,28D,29D,30D,31D,32D,33D,34D,35D. The van der Waals surface area contributed by atoms with E-state index >= 15 is 0 Å². The Balaban J connectivity index is 1.52. The minimum Gasteiger partial charge on any atom is -0.455 e. The first-order chi connectivity index (χ1) is 39.3. The predicted molar refractivity (Wildman–Crippen MR) is 228 cm³/mol. The van der Waals surface area contributed by atoms with Gasteiger partial charge in [-0.2, -0.15) is 0 Å². The minimum atomic E-state index is -1.11. The normalized spacial score (nSPS) is 19.1. The van der Waals surface area contributed by atoms with Crippen molar-refractivity contribution < 1.29 is 45.5 Å². The lowest BCUT2D eigenvalue weighted by molar-refractivity contribution is 0.674. The molecule has 9 aromatic carbocycles. The molecular weight excluding hydrogens is 655 g/mol. The van der Waals surface area contributed by atoms with E-state index in [1.54, 1.807) is 0 Å². The molecule has 1 aromatic heterocycles. The Bertz CT molecular complexity index is 4530. The molecule has 0 N–H and O–H groups in total. The molecule has 2 heteroatoms. The highest BCUT2D eigenvalue weighted by Crippen LogP contribution is 2.48. The lowest BCUT2D eigenvalue weighted by atomic mass is 9.93. The highest BCUT2D eigenvalue weighted by molar-refractivity contribution is 6.24. The second-order valence-corrected chi connectivity index (χ2v) is 11.4. The van der Waals surface area contributed by atoms with Crippen LogP contribution < -0.4 is 4.90 Å². The molecule has 0 fully saturated rings. The zero-order chi connectivity index (χ0) is 62.0. The number of hydrogen-bond acceptors (Lipinski definition) is 2. The van der Waals surface area contributed by atoms with Gasteiger partial charge in [-0.15, -0.1) is 0 Å². The molecule has 0 aliphatic rings. The van der Waals surface area contributed by atoms with Gasteiger partial charge in [0, 0.05) is 38.5 Å². The van der Waals surface area contributed by atoms with Crippen LogP contribution in [0.2, 0.25) is 0 Å². The molecule has 54 heavy (non-hydrogen) atoms. The van der Waals surface area contributed by atoms with Crippen LogP contribution in [0.25, 0.3) is 77.2 Å².